The second-order valence-corrected chi connectivity index (χ2v) is 10.2. The van der Waals surface area contributed by atoms with Crippen molar-refractivity contribution in [2.24, 2.45) is 17.3 Å². The second kappa shape index (κ2) is 11.0. The lowest BCUT2D eigenvalue weighted by molar-refractivity contribution is -0.287. The molecule has 5 atom stereocenters. The highest BCUT2D eigenvalue weighted by Gasteiger charge is 2.63. The Morgan fingerprint density at radius 3 is 1.71 bits per heavy atom. The molecule has 0 aromatic heterocycles. The monoisotopic (exact) mass is 512 g/mol. The molecule has 0 radical (unpaired) electrons. The van der Waals surface area contributed by atoms with E-state index in [-0.39, 0.29) is 6.92 Å². The number of esters is 2. The number of ether oxygens (including phenoxy) is 2. The van der Waals surface area contributed by atoms with Gasteiger partial charge in [-0.2, -0.15) is 26.3 Å². The Morgan fingerprint density at radius 1 is 0.912 bits per heavy atom. The van der Waals surface area contributed by atoms with E-state index in [9.17, 15) is 45.4 Å². The summed E-state index contributed by atoms with van der Waals surface area (Å²) in [6, 6.07) is 0. The van der Waals surface area contributed by atoms with Crippen LogP contribution in [-0.4, -0.2) is 52.9 Å². The van der Waals surface area contributed by atoms with Crippen molar-refractivity contribution in [3.63, 3.8) is 0 Å². The predicted octanol–water partition coefficient (Wildman–Crippen LogP) is 5.92. The van der Waals surface area contributed by atoms with Crippen molar-refractivity contribution in [1.82, 2.24) is 0 Å². The number of aliphatic hydroxyl groups is 1. The average molecular weight is 513 g/mol. The highest BCUT2D eigenvalue weighted by Crippen LogP contribution is 2.48. The van der Waals surface area contributed by atoms with E-state index in [1.165, 1.54) is 34.6 Å². The van der Waals surface area contributed by atoms with Gasteiger partial charge in [-0.25, -0.2) is 4.39 Å². The minimum Gasteiger partial charge on any atom is -0.460 e. The number of hydrogen-bond acceptors (Lipinski definition) is 5. The zero-order valence-corrected chi connectivity index (χ0v) is 20.7. The Kier molecular flexibility index (Phi) is 10.5. The van der Waals surface area contributed by atoms with Crippen LogP contribution in [0.5, 0.6) is 0 Å². The largest absolute Gasteiger partial charge is 0.460 e. The third-order valence-corrected chi connectivity index (χ3v) is 5.40. The maximum atomic E-state index is 14.8. The fourth-order valence-corrected chi connectivity index (χ4v) is 3.27. The molecule has 0 saturated heterocycles. The van der Waals surface area contributed by atoms with Gasteiger partial charge in [-0.3, -0.25) is 9.59 Å². The first-order valence-corrected chi connectivity index (χ1v) is 10.9. The van der Waals surface area contributed by atoms with E-state index in [4.69, 9.17) is 9.47 Å². The topological polar surface area (TPSA) is 72.8 Å². The van der Waals surface area contributed by atoms with Crippen LogP contribution in [0.25, 0.3) is 0 Å². The molecule has 202 valence electrons. The van der Waals surface area contributed by atoms with E-state index in [1.807, 2.05) is 0 Å². The first-order valence-electron chi connectivity index (χ1n) is 10.9. The number of rotatable bonds is 10. The standard InChI is InChI=1S/C22H35F7O5/c1-9-20(22(27,28)29,11-13(4)16(30)34-18(5,6)7)17(31)33-14(10-12(2)3)15(23)19(8,32)21(24,25)26/h12-15,32H,9-11H2,1-8H3. The van der Waals surface area contributed by atoms with E-state index in [0.717, 1.165) is 13.8 Å². The van der Waals surface area contributed by atoms with Crippen LogP contribution in [-0.2, 0) is 19.1 Å². The van der Waals surface area contributed by atoms with Crippen molar-refractivity contribution in [2.75, 3.05) is 0 Å². The molecule has 0 aliphatic heterocycles. The Morgan fingerprint density at radius 2 is 1.38 bits per heavy atom. The molecule has 5 nitrogen and oxygen atoms in total. The van der Waals surface area contributed by atoms with E-state index in [1.54, 1.807) is 0 Å². The molecule has 0 saturated carbocycles. The zero-order valence-electron chi connectivity index (χ0n) is 20.7. The first kappa shape index (κ1) is 32.4. The first-order chi connectivity index (χ1) is 14.9. The van der Waals surface area contributed by atoms with E-state index >= 15 is 0 Å². The van der Waals surface area contributed by atoms with Crippen LogP contribution in [0.2, 0.25) is 0 Å². The fourth-order valence-electron chi connectivity index (χ4n) is 3.27. The molecular weight excluding hydrogens is 477 g/mol. The number of alkyl halides is 7. The summed E-state index contributed by atoms with van der Waals surface area (Å²) in [5.41, 5.74) is -8.32. The van der Waals surface area contributed by atoms with Crippen LogP contribution in [0.15, 0.2) is 0 Å². The van der Waals surface area contributed by atoms with Gasteiger partial charge in [0.15, 0.2) is 17.2 Å². The van der Waals surface area contributed by atoms with Crippen LogP contribution in [0.3, 0.4) is 0 Å². The molecule has 0 aliphatic rings. The van der Waals surface area contributed by atoms with Crippen molar-refractivity contribution in [2.45, 2.75) is 110 Å². The van der Waals surface area contributed by atoms with Crippen LogP contribution >= 0.6 is 0 Å². The van der Waals surface area contributed by atoms with Crippen LogP contribution < -0.4 is 0 Å². The lowest BCUT2D eigenvalue weighted by atomic mass is 9.76. The van der Waals surface area contributed by atoms with E-state index < -0.39 is 84.3 Å². The third kappa shape index (κ3) is 7.98. The lowest BCUT2D eigenvalue weighted by Crippen LogP contribution is -2.57. The lowest BCUT2D eigenvalue weighted by Gasteiger charge is -2.38. The Labute approximate surface area is 195 Å². The van der Waals surface area contributed by atoms with Gasteiger partial charge in [0.2, 0.25) is 0 Å². The molecule has 5 unspecified atom stereocenters. The van der Waals surface area contributed by atoms with Crippen molar-refractivity contribution in [3.8, 4) is 0 Å². The molecule has 1 N–H and O–H groups in total. The molecule has 0 heterocycles. The molecule has 0 rings (SSSR count). The Hall–Kier alpha value is -1.59. The zero-order chi connectivity index (χ0) is 27.5. The maximum absolute atomic E-state index is 14.8. The van der Waals surface area contributed by atoms with Crippen LogP contribution in [0, 0.1) is 17.3 Å². The van der Waals surface area contributed by atoms with Gasteiger partial charge in [0.1, 0.15) is 11.7 Å². The summed E-state index contributed by atoms with van der Waals surface area (Å²) in [5.74, 6) is -5.09. The minimum atomic E-state index is -5.48. The second-order valence-electron chi connectivity index (χ2n) is 10.2. The summed E-state index contributed by atoms with van der Waals surface area (Å²) >= 11 is 0. The number of carbonyl (C=O) groups is 2. The molecule has 0 fully saturated rings. The minimum absolute atomic E-state index is 0.111. The van der Waals surface area contributed by atoms with Gasteiger partial charge in [0.05, 0.1) is 5.92 Å². The van der Waals surface area contributed by atoms with Gasteiger partial charge in [0.25, 0.3) is 0 Å². The molecule has 0 spiro atoms. The summed E-state index contributed by atoms with van der Waals surface area (Å²) in [6.45, 7) is 9.55. The van der Waals surface area contributed by atoms with Gasteiger partial charge in [-0.1, -0.05) is 27.7 Å². The number of hydrogen-bond donors (Lipinski definition) is 1. The molecule has 0 bridgehead atoms. The average Bonchev–Trinajstić information content (AvgIpc) is 2.60. The molecule has 0 amide bonds. The van der Waals surface area contributed by atoms with Gasteiger partial charge < -0.3 is 14.6 Å². The van der Waals surface area contributed by atoms with E-state index in [0.29, 0.717) is 0 Å². The smallest absolute Gasteiger partial charge is 0.419 e. The van der Waals surface area contributed by atoms with Gasteiger partial charge in [0, 0.05) is 0 Å². The summed E-state index contributed by atoms with van der Waals surface area (Å²) in [5, 5.41) is 9.69. The van der Waals surface area contributed by atoms with Crippen LogP contribution in [0.4, 0.5) is 30.7 Å². The molecular formula is C22H35F7O5. The molecule has 34 heavy (non-hydrogen) atoms. The maximum Gasteiger partial charge on any atom is 0.419 e. The molecule has 0 aromatic rings. The van der Waals surface area contributed by atoms with Crippen molar-refractivity contribution >= 4 is 11.9 Å². The molecule has 0 aliphatic carbocycles. The number of halogens is 7. The summed E-state index contributed by atoms with van der Waals surface area (Å²) in [7, 11) is 0. The summed E-state index contributed by atoms with van der Waals surface area (Å²) < 4.78 is 106. The fraction of sp³-hybridized carbons (Fsp3) is 0.909. The Bertz CT molecular complexity index is 695. The highest BCUT2D eigenvalue weighted by atomic mass is 19.4. The van der Waals surface area contributed by atoms with Crippen molar-refractivity contribution in [1.29, 1.82) is 0 Å². The van der Waals surface area contributed by atoms with Gasteiger partial charge in [-0.15, -0.1) is 0 Å². The predicted molar refractivity (Wildman–Crippen MR) is 109 cm³/mol. The quantitative estimate of drug-likeness (QED) is 0.291. The van der Waals surface area contributed by atoms with Crippen molar-refractivity contribution in [3.05, 3.63) is 0 Å². The summed E-state index contributed by atoms with van der Waals surface area (Å²) in [6.07, 6.45) is -19.0. The molecule has 0 aromatic carbocycles. The normalized spacial score (nSPS) is 19.6. The van der Waals surface area contributed by atoms with Gasteiger partial charge >= 0.3 is 24.3 Å². The number of carbonyl (C=O) groups excluding carboxylic acids is 2. The Balaban J connectivity index is 6.23. The van der Waals surface area contributed by atoms with Crippen LogP contribution in [0.1, 0.15) is 74.7 Å². The van der Waals surface area contributed by atoms with Crippen molar-refractivity contribution < 1.29 is 54.9 Å². The summed E-state index contributed by atoms with van der Waals surface area (Å²) in [4.78, 5) is 25.1. The molecule has 12 heteroatoms. The highest BCUT2D eigenvalue weighted by molar-refractivity contribution is 5.80. The SMILES string of the molecule is CCC(CC(C)C(=O)OC(C)(C)C)(C(=O)OC(CC(C)C)C(F)C(C)(O)C(F)(F)F)C(F)(F)F. The third-order valence-electron chi connectivity index (χ3n) is 5.40. The van der Waals surface area contributed by atoms with E-state index in [2.05, 4.69) is 0 Å². The van der Waals surface area contributed by atoms with Gasteiger partial charge in [-0.05, 0) is 52.9 Å².